The van der Waals surface area contributed by atoms with Crippen molar-refractivity contribution in [3.63, 3.8) is 0 Å². The van der Waals surface area contributed by atoms with Gasteiger partial charge in [-0.2, -0.15) is 0 Å². The highest BCUT2D eigenvalue weighted by atomic mass is 16.4. The van der Waals surface area contributed by atoms with Gasteiger partial charge in [0.2, 0.25) is 70.9 Å². The summed E-state index contributed by atoms with van der Waals surface area (Å²) in [5, 5.41) is 44.8. The van der Waals surface area contributed by atoms with Crippen LogP contribution in [0.2, 0.25) is 0 Å². The molecule has 0 bridgehead atoms. The number of carbonyl (C=O) groups excluding carboxylic acids is 12. The standard InChI is InChI=1S/C48H85N15O16/c1-27(2)25-57-47(78)30(20-35(52)64)59-37(66)22-32(45(76)55-17-9-11-41(70)71)61-38(67)23-33(46(77)56-18-10-12-42(72)73)62-40(69)24-34(48(79)58-26-28(3)4)63-39(68)21-31(44(75)54-16-8-6-14-50)60-36(65)19-29(51)43(74)53-15-7-5-13-49/h27-34H,5-26,49-51H2,1-4H3,(H2,52,64)(H,53,74)(H,54,75)(H,55,76)(H,56,77)(H,57,78)(H,58,79)(H,59,66)(H,60,65)(H,61,67)(H,62,69)(H,63,68)(H,70,71)(H,72,73)/t29-,30-,31-,32-,33-,34-/m0/s1. The van der Waals surface area contributed by atoms with E-state index in [0.29, 0.717) is 38.8 Å². The number of hydrogen-bond donors (Lipinski definition) is 17. The number of unbranched alkanes of at least 4 members (excludes halogenated alkanes) is 2. The molecule has 0 saturated carbocycles. The molecule has 0 aromatic carbocycles. The number of carboxylic acids is 2. The van der Waals surface area contributed by atoms with Crippen LogP contribution in [0.4, 0.5) is 0 Å². The number of carboxylic acid groups (broad SMARTS) is 2. The maximum absolute atomic E-state index is 13.8. The fourth-order valence-corrected chi connectivity index (χ4v) is 6.77. The normalized spacial score (nSPS) is 13.1. The lowest BCUT2D eigenvalue weighted by Gasteiger charge is -2.24. The minimum absolute atomic E-state index is 0.0318. The van der Waals surface area contributed by atoms with Crippen molar-refractivity contribution in [2.45, 2.75) is 154 Å². The first kappa shape index (κ1) is 71.5. The molecule has 79 heavy (non-hydrogen) atoms. The first-order valence-corrected chi connectivity index (χ1v) is 26.2. The second kappa shape index (κ2) is 40.6. The molecule has 0 aliphatic heterocycles. The van der Waals surface area contributed by atoms with Crippen LogP contribution < -0.4 is 81.4 Å². The van der Waals surface area contributed by atoms with Crippen LogP contribution in [-0.2, 0) is 67.1 Å². The van der Waals surface area contributed by atoms with Crippen molar-refractivity contribution in [2.24, 2.45) is 34.8 Å². The fourth-order valence-electron chi connectivity index (χ4n) is 6.77. The van der Waals surface area contributed by atoms with E-state index in [1.807, 2.05) is 0 Å². The highest BCUT2D eigenvalue weighted by Gasteiger charge is 2.33. The van der Waals surface area contributed by atoms with Crippen molar-refractivity contribution in [3.05, 3.63) is 0 Å². The smallest absolute Gasteiger partial charge is 0.303 e. The average molecular weight is 1130 g/mol. The van der Waals surface area contributed by atoms with E-state index in [0.717, 1.165) is 0 Å². The van der Waals surface area contributed by atoms with Crippen molar-refractivity contribution < 1.29 is 77.3 Å². The first-order chi connectivity index (χ1) is 37.2. The first-order valence-electron chi connectivity index (χ1n) is 26.2. The average Bonchev–Trinajstić information content (AvgIpc) is 3.35. The third-order valence-corrected chi connectivity index (χ3v) is 10.9. The van der Waals surface area contributed by atoms with E-state index in [1.54, 1.807) is 27.7 Å². The topological polar surface area (TPSA) is 516 Å². The molecule has 0 spiro atoms. The molecule has 0 aliphatic rings. The van der Waals surface area contributed by atoms with Gasteiger partial charge in [-0.05, 0) is 63.5 Å². The summed E-state index contributed by atoms with van der Waals surface area (Å²) in [7, 11) is 0. The summed E-state index contributed by atoms with van der Waals surface area (Å²) in [5.74, 6) is -14.1. The maximum Gasteiger partial charge on any atom is 0.303 e. The van der Waals surface area contributed by atoms with E-state index in [1.165, 1.54) is 0 Å². The molecule has 0 saturated heterocycles. The van der Waals surface area contributed by atoms with Gasteiger partial charge in [0.15, 0.2) is 0 Å². The summed E-state index contributed by atoms with van der Waals surface area (Å²) >= 11 is 0. The van der Waals surface area contributed by atoms with Crippen molar-refractivity contribution in [1.82, 2.24) is 58.5 Å². The van der Waals surface area contributed by atoms with Crippen molar-refractivity contribution >= 4 is 82.8 Å². The van der Waals surface area contributed by atoms with Crippen LogP contribution in [0, 0.1) is 11.8 Å². The van der Waals surface area contributed by atoms with Crippen molar-refractivity contribution in [3.8, 4) is 0 Å². The number of amides is 12. The van der Waals surface area contributed by atoms with E-state index >= 15 is 0 Å². The third-order valence-electron chi connectivity index (χ3n) is 10.9. The minimum Gasteiger partial charge on any atom is -0.481 e. The Morgan fingerprint density at radius 3 is 0.911 bits per heavy atom. The molecule has 0 heterocycles. The Hall–Kier alpha value is -7.54. The van der Waals surface area contributed by atoms with Gasteiger partial charge in [-0.15, -0.1) is 0 Å². The molecule has 0 rings (SSSR count). The van der Waals surface area contributed by atoms with Crippen LogP contribution in [0.1, 0.15) is 118 Å². The summed E-state index contributed by atoms with van der Waals surface area (Å²) in [6.45, 7) is 7.78. The summed E-state index contributed by atoms with van der Waals surface area (Å²) < 4.78 is 0. The van der Waals surface area contributed by atoms with Gasteiger partial charge >= 0.3 is 11.9 Å². The highest BCUT2D eigenvalue weighted by molar-refractivity contribution is 5.99. The second-order valence-corrected chi connectivity index (χ2v) is 19.3. The molecule has 0 aromatic rings. The zero-order valence-electron chi connectivity index (χ0n) is 45.6. The number of hydrogen-bond acceptors (Lipinski definition) is 17. The van der Waals surface area contributed by atoms with E-state index in [4.69, 9.17) is 33.1 Å². The SMILES string of the molecule is CC(C)CNC(=O)[C@H](CC(N)=O)NC(=O)C[C@H](NC(=O)C[C@H](NC(=O)C[C@H](NC(=O)C[C@H](NC(=O)C[C@H](N)C(=O)NCCCCN)C(=O)NCCCCN)C(=O)NCC(C)C)C(=O)NCCCC(=O)O)C(=O)NCCCC(=O)O. The van der Waals surface area contributed by atoms with Crippen LogP contribution in [0.25, 0.3) is 0 Å². The van der Waals surface area contributed by atoms with Crippen molar-refractivity contribution in [2.75, 3.05) is 52.4 Å². The molecule has 0 aliphatic carbocycles. The molecule has 31 heteroatoms. The molecule has 0 radical (unpaired) electrons. The Morgan fingerprint density at radius 2 is 0.633 bits per heavy atom. The molecular formula is C48H85N15O16. The Labute approximate surface area is 458 Å². The summed E-state index contributed by atoms with van der Waals surface area (Å²) in [5.41, 5.74) is 22.3. The Morgan fingerprint density at radius 1 is 0.367 bits per heavy atom. The van der Waals surface area contributed by atoms with Crippen molar-refractivity contribution in [1.29, 1.82) is 0 Å². The Bertz CT molecular complexity index is 2060. The van der Waals surface area contributed by atoms with Gasteiger partial charge in [0.25, 0.3) is 0 Å². The number of rotatable bonds is 43. The maximum atomic E-state index is 13.8. The lowest BCUT2D eigenvalue weighted by atomic mass is 10.1. The van der Waals surface area contributed by atoms with Crippen LogP contribution in [0.3, 0.4) is 0 Å². The number of carbonyl (C=O) groups is 14. The van der Waals surface area contributed by atoms with Crippen LogP contribution in [0.5, 0.6) is 0 Å². The van der Waals surface area contributed by atoms with Gasteiger partial charge in [-0.25, -0.2) is 0 Å². The summed E-state index contributed by atoms with van der Waals surface area (Å²) in [6, 6.07) is -9.83. The Kier molecular flexibility index (Phi) is 36.8. The minimum atomic E-state index is -1.85. The zero-order chi connectivity index (χ0) is 60.0. The summed E-state index contributed by atoms with van der Waals surface area (Å²) in [4.78, 5) is 181. The van der Waals surface area contributed by atoms with Gasteiger partial charge in [0.05, 0.1) is 44.6 Å². The lowest BCUT2D eigenvalue weighted by molar-refractivity contribution is -0.138. The lowest BCUT2D eigenvalue weighted by Crippen LogP contribution is -2.56. The number of primary amides is 1. The second-order valence-electron chi connectivity index (χ2n) is 19.3. The van der Waals surface area contributed by atoms with Crippen LogP contribution >= 0.6 is 0 Å². The molecule has 21 N–H and O–H groups in total. The van der Waals surface area contributed by atoms with Gasteiger partial charge in [0, 0.05) is 52.1 Å². The monoisotopic (exact) mass is 1130 g/mol. The molecule has 31 nitrogen and oxygen atoms in total. The predicted molar refractivity (Wildman–Crippen MR) is 283 cm³/mol. The molecular weight excluding hydrogens is 1040 g/mol. The quantitative estimate of drug-likeness (QED) is 0.0253. The fraction of sp³-hybridized carbons (Fsp3) is 0.708. The van der Waals surface area contributed by atoms with Gasteiger partial charge in [0.1, 0.15) is 30.2 Å². The van der Waals surface area contributed by atoms with Gasteiger partial charge in [-0.3, -0.25) is 67.1 Å². The number of nitrogens with two attached hydrogens (primary N) is 4. The number of nitrogens with one attached hydrogen (secondary N) is 11. The Balaban J connectivity index is 6.80. The number of aliphatic carboxylic acids is 2. The molecule has 0 fully saturated rings. The van der Waals surface area contributed by atoms with Gasteiger partial charge in [-0.1, -0.05) is 27.7 Å². The largest absolute Gasteiger partial charge is 0.481 e. The highest BCUT2D eigenvalue weighted by Crippen LogP contribution is 2.06. The van der Waals surface area contributed by atoms with E-state index < -0.39 is 164 Å². The molecule has 6 atom stereocenters. The molecule has 12 amide bonds. The van der Waals surface area contributed by atoms with Crippen LogP contribution in [0.15, 0.2) is 0 Å². The van der Waals surface area contributed by atoms with E-state index in [9.17, 15) is 67.1 Å². The third kappa shape index (κ3) is 35.5. The zero-order valence-corrected chi connectivity index (χ0v) is 45.6. The molecule has 0 aromatic heterocycles. The summed E-state index contributed by atoms with van der Waals surface area (Å²) in [6.07, 6.45) is -3.65. The molecule has 0 unspecified atom stereocenters. The molecule has 448 valence electrons. The van der Waals surface area contributed by atoms with E-state index in [-0.39, 0.29) is 70.4 Å². The predicted octanol–water partition coefficient (Wildman–Crippen LogP) is -6.22. The van der Waals surface area contributed by atoms with Crippen LogP contribution in [-0.4, -0.2) is 182 Å². The van der Waals surface area contributed by atoms with Gasteiger partial charge < -0.3 is 91.6 Å². The van der Waals surface area contributed by atoms with E-state index in [2.05, 4.69) is 58.5 Å².